The van der Waals surface area contributed by atoms with E-state index in [9.17, 15) is 23.1 Å². The van der Waals surface area contributed by atoms with Crippen LogP contribution in [0.25, 0.3) is 0 Å². The third-order valence-corrected chi connectivity index (χ3v) is 6.34. The van der Waals surface area contributed by atoms with Gasteiger partial charge in [0.05, 0.1) is 11.2 Å². The second-order valence-corrected chi connectivity index (χ2v) is 9.62. The van der Waals surface area contributed by atoms with E-state index in [1.807, 2.05) is 0 Å². The highest BCUT2D eigenvalue weighted by Gasteiger charge is 2.55. The standard InChI is InChI=1S/C18H24N2O5S/c1-26(24,25)11-14-6-4-13(5-7-14)9-19-17(23)20-10-15-3-2-8-18(15,12-20)16(21)22/h4-7,15H,2-3,8-12H2,1H3,(H,19,23)(H,21,22)/t15-,18+/m0/s1. The lowest BCUT2D eigenvalue weighted by molar-refractivity contribution is -0.149. The molecule has 8 heteroatoms. The topological polar surface area (TPSA) is 104 Å². The molecule has 2 N–H and O–H groups in total. The van der Waals surface area contributed by atoms with Crippen LogP contribution in [-0.2, 0) is 26.9 Å². The van der Waals surface area contributed by atoms with Crippen molar-refractivity contribution in [2.45, 2.75) is 31.6 Å². The molecule has 142 valence electrons. The molecule has 1 aliphatic heterocycles. The van der Waals surface area contributed by atoms with E-state index in [1.54, 1.807) is 29.2 Å². The Hall–Kier alpha value is -2.09. The van der Waals surface area contributed by atoms with Gasteiger partial charge in [-0.25, -0.2) is 13.2 Å². The number of likely N-dealkylation sites (tertiary alicyclic amines) is 1. The Balaban J connectivity index is 1.56. The lowest BCUT2D eigenvalue weighted by Crippen LogP contribution is -2.41. The van der Waals surface area contributed by atoms with Crippen LogP contribution in [0.3, 0.4) is 0 Å². The first-order chi connectivity index (χ1) is 12.2. The zero-order valence-corrected chi connectivity index (χ0v) is 15.6. The summed E-state index contributed by atoms with van der Waals surface area (Å²) in [6.07, 6.45) is 3.60. The van der Waals surface area contributed by atoms with Crippen LogP contribution < -0.4 is 5.32 Å². The maximum Gasteiger partial charge on any atom is 0.317 e. The first-order valence-corrected chi connectivity index (χ1v) is 10.8. The van der Waals surface area contributed by atoms with E-state index in [2.05, 4.69) is 5.32 Å². The van der Waals surface area contributed by atoms with Gasteiger partial charge in [0, 0.05) is 25.9 Å². The molecule has 0 unspecified atom stereocenters. The average Bonchev–Trinajstić information content (AvgIpc) is 3.10. The van der Waals surface area contributed by atoms with Crippen LogP contribution in [-0.4, -0.2) is 49.8 Å². The highest BCUT2D eigenvalue weighted by atomic mass is 32.2. The molecule has 0 aromatic heterocycles. The predicted molar refractivity (Wildman–Crippen MR) is 96.2 cm³/mol. The lowest BCUT2D eigenvalue weighted by atomic mass is 9.81. The maximum atomic E-state index is 12.4. The van der Waals surface area contributed by atoms with Crippen molar-refractivity contribution in [3.63, 3.8) is 0 Å². The number of rotatable bonds is 5. The summed E-state index contributed by atoms with van der Waals surface area (Å²) in [5, 5.41) is 12.4. The highest BCUT2D eigenvalue weighted by Crippen LogP contribution is 2.48. The van der Waals surface area contributed by atoms with Gasteiger partial charge in [-0.15, -0.1) is 0 Å². The summed E-state index contributed by atoms with van der Waals surface area (Å²) >= 11 is 0. The lowest BCUT2D eigenvalue weighted by Gasteiger charge is -2.23. The van der Waals surface area contributed by atoms with Gasteiger partial charge in [0.2, 0.25) is 0 Å². The number of carbonyl (C=O) groups excluding carboxylic acids is 1. The van der Waals surface area contributed by atoms with Gasteiger partial charge in [-0.05, 0) is 29.9 Å². The minimum absolute atomic E-state index is 0.00786. The largest absolute Gasteiger partial charge is 0.481 e. The van der Waals surface area contributed by atoms with Crippen molar-refractivity contribution in [3.8, 4) is 0 Å². The van der Waals surface area contributed by atoms with Crippen molar-refractivity contribution < 1.29 is 23.1 Å². The molecule has 0 bridgehead atoms. The molecule has 1 aliphatic carbocycles. The zero-order chi connectivity index (χ0) is 18.9. The minimum Gasteiger partial charge on any atom is -0.481 e. The fourth-order valence-electron chi connectivity index (χ4n) is 4.14. The fourth-order valence-corrected chi connectivity index (χ4v) is 4.94. The van der Waals surface area contributed by atoms with Crippen molar-refractivity contribution in [3.05, 3.63) is 35.4 Å². The maximum absolute atomic E-state index is 12.4. The van der Waals surface area contributed by atoms with Gasteiger partial charge < -0.3 is 15.3 Å². The number of hydrogen-bond acceptors (Lipinski definition) is 4. The van der Waals surface area contributed by atoms with Crippen molar-refractivity contribution in [2.24, 2.45) is 11.3 Å². The number of urea groups is 1. The Kier molecular flexibility index (Phi) is 4.96. The third-order valence-electron chi connectivity index (χ3n) is 5.48. The highest BCUT2D eigenvalue weighted by molar-refractivity contribution is 7.89. The van der Waals surface area contributed by atoms with Crippen molar-refractivity contribution in [2.75, 3.05) is 19.3 Å². The van der Waals surface area contributed by atoms with E-state index in [1.165, 1.54) is 6.26 Å². The van der Waals surface area contributed by atoms with Gasteiger partial charge in [-0.1, -0.05) is 30.7 Å². The van der Waals surface area contributed by atoms with Crippen LogP contribution >= 0.6 is 0 Å². The van der Waals surface area contributed by atoms with Gasteiger partial charge in [0.15, 0.2) is 9.84 Å². The molecule has 1 aromatic carbocycles. The van der Waals surface area contributed by atoms with Crippen molar-refractivity contribution in [1.82, 2.24) is 10.2 Å². The van der Waals surface area contributed by atoms with E-state index in [-0.39, 0.29) is 24.2 Å². The number of fused-ring (bicyclic) bond motifs is 1. The first kappa shape index (κ1) is 18.7. The predicted octanol–water partition coefficient (Wildman–Crippen LogP) is 1.63. The van der Waals surface area contributed by atoms with E-state index in [0.29, 0.717) is 25.1 Å². The fraction of sp³-hybridized carbons (Fsp3) is 0.556. The molecular formula is C18H24N2O5S. The molecule has 0 spiro atoms. The Labute approximate surface area is 153 Å². The van der Waals surface area contributed by atoms with Crippen molar-refractivity contribution >= 4 is 21.8 Å². The summed E-state index contributed by atoms with van der Waals surface area (Å²) in [5.74, 6) is -0.760. The molecule has 1 aromatic rings. The van der Waals surface area contributed by atoms with Crippen LogP contribution in [0.4, 0.5) is 4.79 Å². The summed E-state index contributed by atoms with van der Waals surface area (Å²) in [5.41, 5.74) is 0.797. The molecule has 3 rings (SSSR count). The molecule has 2 atom stereocenters. The summed E-state index contributed by atoms with van der Waals surface area (Å²) in [6, 6.07) is 6.81. The molecule has 2 aliphatic rings. The number of nitrogens with zero attached hydrogens (tertiary/aromatic N) is 1. The van der Waals surface area contributed by atoms with Gasteiger partial charge >= 0.3 is 12.0 Å². The Morgan fingerprint density at radius 3 is 2.50 bits per heavy atom. The number of carboxylic acids is 1. The van der Waals surface area contributed by atoms with Crippen LogP contribution in [0.15, 0.2) is 24.3 Å². The van der Waals surface area contributed by atoms with Gasteiger partial charge in [-0.3, -0.25) is 4.79 Å². The molecule has 0 radical (unpaired) electrons. The second-order valence-electron chi connectivity index (χ2n) is 7.48. The Bertz CT molecular complexity index is 805. The average molecular weight is 380 g/mol. The van der Waals surface area contributed by atoms with Crippen LogP contribution in [0.1, 0.15) is 30.4 Å². The molecule has 2 fully saturated rings. The smallest absolute Gasteiger partial charge is 0.317 e. The van der Waals surface area contributed by atoms with Crippen LogP contribution in [0, 0.1) is 11.3 Å². The number of nitrogens with one attached hydrogen (secondary N) is 1. The summed E-state index contributed by atoms with van der Waals surface area (Å²) in [7, 11) is -3.07. The molecule has 1 saturated carbocycles. The quantitative estimate of drug-likeness (QED) is 0.808. The number of aliphatic carboxylic acids is 1. The normalized spacial score (nSPS) is 25.1. The van der Waals surface area contributed by atoms with Crippen LogP contribution in [0.2, 0.25) is 0 Å². The summed E-state index contributed by atoms with van der Waals surface area (Å²) in [4.78, 5) is 25.7. The number of carbonyl (C=O) groups is 2. The first-order valence-electron chi connectivity index (χ1n) is 8.71. The van der Waals surface area contributed by atoms with E-state index < -0.39 is 21.2 Å². The van der Waals surface area contributed by atoms with Gasteiger partial charge in [0.25, 0.3) is 0 Å². The monoisotopic (exact) mass is 380 g/mol. The second kappa shape index (κ2) is 6.90. The zero-order valence-electron chi connectivity index (χ0n) is 14.8. The molecular weight excluding hydrogens is 356 g/mol. The Morgan fingerprint density at radius 2 is 1.92 bits per heavy atom. The summed E-state index contributed by atoms with van der Waals surface area (Å²) < 4.78 is 22.6. The molecule has 7 nitrogen and oxygen atoms in total. The molecule has 1 heterocycles. The van der Waals surface area contributed by atoms with E-state index in [4.69, 9.17) is 0 Å². The Morgan fingerprint density at radius 1 is 1.27 bits per heavy atom. The van der Waals surface area contributed by atoms with E-state index >= 15 is 0 Å². The molecule has 1 saturated heterocycles. The number of benzene rings is 1. The number of amides is 2. The number of sulfone groups is 1. The number of carboxylic acid groups (broad SMARTS) is 1. The van der Waals surface area contributed by atoms with Gasteiger partial charge in [-0.2, -0.15) is 0 Å². The molecule has 26 heavy (non-hydrogen) atoms. The van der Waals surface area contributed by atoms with E-state index in [0.717, 1.165) is 18.4 Å². The third kappa shape index (κ3) is 3.85. The number of hydrogen-bond donors (Lipinski definition) is 2. The van der Waals surface area contributed by atoms with Gasteiger partial charge in [0.1, 0.15) is 0 Å². The minimum atomic E-state index is -3.07. The SMILES string of the molecule is CS(=O)(=O)Cc1ccc(CNC(=O)N2C[C@@H]3CCC[C@@]3(C(=O)O)C2)cc1. The van der Waals surface area contributed by atoms with Crippen LogP contribution in [0.5, 0.6) is 0 Å². The molecule has 2 amide bonds. The van der Waals surface area contributed by atoms with Crippen molar-refractivity contribution in [1.29, 1.82) is 0 Å². The summed E-state index contributed by atoms with van der Waals surface area (Å²) in [6.45, 7) is 1.08.